The van der Waals surface area contributed by atoms with E-state index in [1.807, 2.05) is 0 Å². The first-order chi connectivity index (χ1) is 5.36. The van der Waals surface area contributed by atoms with E-state index >= 15 is 0 Å². The highest BCUT2D eigenvalue weighted by Gasteiger charge is 2.06. The Kier molecular flexibility index (Phi) is 3.45. The van der Waals surface area contributed by atoms with Gasteiger partial charge in [0.2, 0.25) is 0 Å². The summed E-state index contributed by atoms with van der Waals surface area (Å²) in [6.45, 7) is 2.31. The number of hydrogen-bond donors (Lipinski definition) is 1. The maximum atomic E-state index is 8.88. The molecule has 0 aliphatic carbocycles. The molecule has 0 fully saturated rings. The van der Waals surface area contributed by atoms with E-state index in [0.29, 0.717) is 5.92 Å². The fraction of sp³-hybridized carbons (Fsp3) is 0.714. The van der Waals surface area contributed by atoms with Gasteiger partial charge in [-0.05, 0) is 12.3 Å². The average molecular weight is 172 g/mol. The van der Waals surface area contributed by atoms with E-state index in [2.05, 4.69) is 15.7 Å². The van der Waals surface area contributed by atoms with E-state index in [1.165, 1.54) is 11.7 Å². The molecule has 1 rings (SSSR count). The summed E-state index contributed by atoms with van der Waals surface area (Å²) in [6, 6.07) is 0. The van der Waals surface area contributed by atoms with Crippen LogP contribution in [0.2, 0.25) is 0 Å². The lowest BCUT2D eigenvalue weighted by atomic mass is 10.0. The Hall–Kier alpha value is -0.480. The lowest BCUT2D eigenvalue weighted by molar-refractivity contribution is 0.221. The van der Waals surface area contributed by atoms with E-state index in [0.717, 1.165) is 18.5 Å². The zero-order valence-electron chi connectivity index (χ0n) is 6.53. The fourth-order valence-corrected chi connectivity index (χ4v) is 1.35. The molecule has 0 amide bonds. The number of rotatable bonds is 4. The molecule has 1 N–H and O–H groups in total. The zero-order valence-corrected chi connectivity index (χ0v) is 7.34. The van der Waals surface area contributed by atoms with E-state index in [-0.39, 0.29) is 6.61 Å². The van der Waals surface area contributed by atoms with Crippen LogP contribution in [-0.4, -0.2) is 20.5 Å². The van der Waals surface area contributed by atoms with Crippen LogP contribution in [0.5, 0.6) is 0 Å². The van der Waals surface area contributed by atoms with Gasteiger partial charge in [-0.25, -0.2) is 0 Å². The van der Waals surface area contributed by atoms with Gasteiger partial charge in [-0.2, -0.15) is 8.75 Å². The van der Waals surface area contributed by atoms with Crippen LogP contribution in [0.25, 0.3) is 0 Å². The zero-order chi connectivity index (χ0) is 8.10. The first-order valence-corrected chi connectivity index (χ1v) is 4.47. The Morgan fingerprint density at radius 2 is 2.55 bits per heavy atom. The van der Waals surface area contributed by atoms with Gasteiger partial charge in [0.15, 0.2) is 0 Å². The standard InChI is InChI=1S/C7H12N2OS/c1-2-6(5-10)3-7-4-8-11-9-7/h4,6,10H,2-3,5H2,1H3. The van der Waals surface area contributed by atoms with Crippen molar-refractivity contribution in [3.8, 4) is 0 Å². The van der Waals surface area contributed by atoms with E-state index in [9.17, 15) is 0 Å². The van der Waals surface area contributed by atoms with Crippen LogP contribution in [0.4, 0.5) is 0 Å². The van der Waals surface area contributed by atoms with Crippen LogP contribution in [0, 0.1) is 5.92 Å². The lowest BCUT2D eigenvalue weighted by Gasteiger charge is -2.07. The molecule has 0 aliphatic heterocycles. The molecule has 62 valence electrons. The lowest BCUT2D eigenvalue weighted by Crippen LogP contribution is -2.08. The van der Waals surface area contributed by atoms with Crippen LogP contribution in [0.3, 0.4) is 0 Å². The Bertz CT molecular complexity index is 184. The van der Waals surface area contributed by atoms with Crippen molar-refractivity contribution < 1.29 is 5.11 Å². The van der Waals surface area contributed by atoms with Crippen LogP contribution < -0.4 is 0 Å². The van der Waals surface area contributed by atoms with Gasteiger partial charge in [0.1, 0.15) is 0 Å². The maximum Gasteiger partial charge on any atom is 0.0746 e. The van der Waals surface area contributed by atoms with E-state index in [4.69, 9.17) is 5.11 Å². The second-order valence-corrected chi connectivity index (χ2v) is 3.12. The quantitative estimate of drug-likeness (QED) is 0.739. The average Bonchev–Trinajstić information content (AvgIpc) is 2.52. The monoisotopic (exact) mass is 172 g/mol. The Labute approximate surface area is 70.4 Å². The Balaban J connectivity index is 2.41. The summed E-state index contributed by atoms with van der Waals surface area (Å²) in [5.41, 5.74) is 0.996. The molecule has 1 aromatic heterocycles. The summed E-state index contributed by atoms with van der Waals surface area (Å²) in [4.78, 5) is 0. The molecule has 0 spiro atoms. The summed E-state index contributed by atoms with van der Waals surface area (Å²) in [6.07, 6.45) is 3.61. The van der Waals surface area contributed by atoms with Gasteiger partial charge >= 0.3 is 0 Å². The molecule has 0 aromatic carbocycles. The van der Waals surface area contributed by atoms with Gasteiger partial charge in [0.25, 0.3) is 0 Å². The number of aliphatic hydroxyl groups is 1. The summed E-state index contributed by atoms with van der Waals surface area (Å²) in [5.74, 6) is 0.346. The van der Waals surface area contributed by atoms with Gasteiger partial charge in [-0.3, -0.25) is 0 Å². The van der Waals surface area contributed by atoms with Gasteiger partial charge in [0, 0.05) is 6.61 Å². The van der Waals surface area contributed by atoms with E-state index < -0.39 is 0 Å². The first-order valence-electron chi connectivity index (χ1n) is 3.74. The molecule has 1 unspecified atom stereocenters. The second-order valence-electron chi connectivity index (χ2n) is 2.56. The SMILES string of the molecule is CCC(CO)Cc1cnsn1. The molecule has 1 aromatic rings. The summed E-state index contributed by atoms with van der Waals surface area (Å²) in [5, 5.41) is 8.88. The van der Waals surface area contributed by atoms with Crippen molar-refractivity contribution >= 4 is 11.7 Å². The van der Waals surface area contributed by atoms with Crippen molar-refractivity contribution in [2.24, 2.45) is 5.92 Å². The number of aliphatic hydroxyl groups excluding tert-OH is 1. The van der Waals surface area contributed by atoms with Crippen molar-refractivity contribution in [2.45, 2.75) is 19.8 Å². The van der Waals surface area contributed by atoms with Crippen LogP contribution in [-0.2, 0) is 6.42 Å². The largest absolute Gasteiger partial charge is 0.396 e. The smallest absolute Gasteiger partial charge is 0.0746 e. The molecular weight excluding hydrogens is 160 g/mol. The molecule has 4 heteroatoms. The topological polar surface area (TPSA) is 46.0 Å². The van der Waals surface area contributed by atoms with Gasteiger partial charge < -0.3 is 5.11 Å². The van der Waals surface area contributed by atoms with Crippen LogP contribution in [0.15, 0.2) is 6.20 Å². The minimum absolute atomic E-state index is 0.244. The first kappa shape index (κ1) is 8.62. The van der Waals surface area contributed by atoms with Crippen LogP contribution in [0.1, 0.15) is 19.0 Å². The highest BCUT2D eigenvalue weighted by atomic mass is 32.1. The molecule has 0 saturated heterocycles. The number of nitrogens with zero attached hydrogens (tertiary/aromatic N) is 2. The molecular formula is C7H12N2OS. The van der Waals surface area contributed by atoms with Gasteiger partial charge in [-0.15, -0.1) is 0 Å². The highest BCUT2D eigenvalue weighted by Crippen LogP contribution is 2.09. The minimum atomic E-state index is 0.244. The molecule has 3 nitrogen and oxygen atoms in total. The Morgan fingerprint density at radius 1 is 1.73 bits per heavy atom. The van der Waals surface area contributed by atoms with Gasteiger partial charge in [0.05, 0.1) is 23.6 Å². The second kappa shape index (κ2) is 4.41. The third-order valence-corrected chi connectivity index (χ3v) is 2.26. The molecule has 0 radical (unpaired) electrons. The van der Waals surface area contributed by atoms with Crippen LogP contribution >= 0.6 is 11.7 Å². The summed E-state index contributed by atoms with van der Waals surface area (Å²) < 4.78 is 7.96. The summed E-state index contributed by atoms with van der Waals surface area (Å²) in [7, 11) is 0. The third kappa shape index (κ3) is 2.55. The minimum Gasteiger partial charge on any atom is -0.396 e. The maximum absolute atomic E-state index is 8.88. The van der Waals surface area contributed by atoms with Crippen molar-refractivity contribution in [1.29, 1.82) is 0 Å². The predicted molar refractivity (Wildman–Crippen MR) is 44.5 cm³/mol. The van der Waals surface area contributed by atoms with E-state index in [1.54, 1.807) is 6.20 Å². The summed E-state index contributed by atoms with van der Waals surface area (Å²) >= 11 is 1.22. The van der Waals surface area contributed by atoms with Crippen molar-refractivity contribution in [3.63, 3.8) is 0 Å². The Morgan fingerprint density at radius 3 is 3.00 bits per heavy atom. The molecule has 1 heterocycles. The molecule has 0 aliphatic rings. The molecule has 11 heavy (non-hydrogen) atoms. The fourth-order valence-electron chi connectivity index (χ4n) is 0.908. The number of hydrogen-bond acceptors (Lipinski definition) is 4. The molecule has 0 bridgehead atoms. The van der Waals surface area contributed by atoms with Crippen molar-refractivity contribution in [2.75, 3.05) is 6.61 Å². The predicted octanol–water partition coefficient (Wildman–Crippen LogP) is 1.10. The molecule has 0 saturated carbocycles. The van der Waals surface area contributed by atoms with Gasteiger partial charge in [-0.1, -0.05) is 13.3 Å². The number of aromatic nitrogens is 2. The highest BCUT2D eigenvalue weighted by molar-refractivity contribution is 6.99. The van der Waals surface area contributed by atoms with Crippen molar-refractivity contribution in [3.05, 3.63) is 11.9 Å². The van der Waals surface area contributed by atoms with Crippen molar-refractivity contribution in [1.82, 2.24) is 8.75 Å². The normalized spacial score (nSPS) is 13.3. The third-order valence-electron chi connectivity index (χ3n) is 1.74. The molecule has 1 atom stereocenters.